The Bertz CT molecular complexity index is 11.6. The standard InChI is InChI=1S/Li.Na.Nb.O.Ti/q2*+1;+5;-2;+4. The molecule has 0 aliphatic rings. The van der Waals surface area contributed by atoms with Crippen LogP contribution in [-0.4, -0.2) is 0 Å². The van der Waals surface area contributed by atoms with Crippen LogP contribution in [0, 0.1) is 0 Å². The molecule has 0 bridgehead atoms. The average molecular weight is 187 g/mol. The van der Waals surface area contributed by atoms with Crippen molar-refractivity contribution in [3.63, 3.8) is 0 Å². The van der Waals surface area contributed by atoms with Crippen molar-refractivity contribution >= 4 is 0 Å². The summed E-state index contributed by atoms with van der Waals surface area (Å²) in [5.74, 6) is 0. The predicted molar refractivity (Wildman–Crippen MR) is 0.686 cm³/mol. The Morgan fingerprint density at radius 3 is 1.00 bits per heavy atom. The molecule has 0 aliphatic heterocycles. The number of hydrogen-bond donors (Lipinski definition) is 0. The van der Waals surface area contributed by atoms with E-state index in [1.165, 1.54) is 0 Å². The molecule has 0 rings (SSSR count). The van der Waals surface area contributed by atoms with E-state index in [9.17, 15) is 0 Å². The zero-order valence-corrected chi connectivity index (χ0v) is 9.12. The molecule has 0 radical (unpaired) electrons. The number of rotatable bonds is 0. The van der Waals surface area contributed by atoms with E-state index in [1.807, 2.05) is 0 Å². The molecular weight excluding hydrogens is 187 g/mol. The molecule has 1 nitrogen and oxygen atoms in total. The summed E-state index contributed by atoms with van der Waals surface area (Å²) in [6.45, 7) is 0. The summed E-state index contributed by atoms with van der Waals surface area (Å²) in [5.41, 5.74) is 0. The minimum atomic E-state index is 0. The van der Waals surface area contributed by atoms with E-state index >= 15 is 0 Å². The molecule has 0 saturated heterocycles. The van der Waals surface area contributed by atoms with E-state index in [-0.39, 0.29) is 98.0 Å². The van der Waals surface area contributed by atoms with Crippen molar-refractivity contribution in [3.05, 3.63) is 0 Å². The van der Waals surface area contributed by atoms with Gasteiger partial charge in [-0.2, -0.15) is 0 Å². The Kier molecular flexibility index (Phi) is 243. The van der Waals surface area contributed by atoms with Gasteiger partial charge in [-0.1, -0.05) is 0 Å². The second-order valence-corrected chi connectivity index (χ2v) is 0. The van der Waals surface area contributed by atoms with E-state index in [1.54, 1.807) is 0 Å². The molecule has 0 aromatic heterocycles. The van der Waals surface area contributed by atoms with Gasteiger partial charge < -0.3 is 5.48 Å². The molecule has 0 spiro atoms. The molecule has 0 heterocycles. The van der Waals surface area contributed by atoms with Gasteiger partial charge in [-0.25, -0.2) is 0 Å². The Labute approximate surface area is 96.2 Å². The predicted octanol–water partition coefficient (Wildman–Crippen LogP) is -6.12. The van der Waals surface area contributed by atoms with Crippen LogP contribution in [0.5, 0.6) is 0 Å². The molecule has 0 amide bonds. The van der Waals surface area contributed by atoms with Crippen molar-refractivity contribution in [3.8, 4) is 0 Å². The molecule has 0 aromatic carbocycles. The summed E-state index contributed by atoms with van der Waals surface area (Å²) < 4.78 is 0. The topological polar surface area (TPSA) is 28.5 Å². The molecule has 0 unspecified atom stereocenters. The Hall–Kier alpha value is 3.01. The van der Waals surface area contributed by atoms with Crippen molar-refractivity contribution in [1.29, 1.82) is 0 Å². The molecule has 5 heteroatoms. The average Bonchev–Trinajstić information content (AvgIpc) is 0. The van der Waals surface area contributed by atoms with Crippen LogP contribution in [-0.2, 0) is 49.6 Å². The van der Waals surface area contributed by atoms with Gasteiger partial charge in [-0.15, -0.1) is 0 Å². The third-order valence-corrected chi connectivity index (χ3v) is 0. The monoisotopic (exact) mass is 187 g/mol. The zero-order valence-electron chi connectivity index (χ0n) is 3.36. The van der Waals surface area contributed by atoms with Gasteiger partial charge in [0, 0.05) is 0 Å². The van der Waals surface area contributed by atoms with Crippen LogP contribution >= 0.6 is 0 Å². The Morgan fingerprint density at radius 2 is 1.00 bits per heavy atom. The first-order chi connectivity index (χ1) is 0. The second-order valence-electron chi connectivity index (χ2n) is 0. The van der Waals surface area contributed by atoms with E-state index in [2.05, 4.69) is 0 Å². The summed E-state index contributed by atoms with van der Waals surface area (Å²) in [7, 11) is 0. The van der Waals surface area contributed by atoms with Gasteiger partial charge in [0.05, 0.1) is 0 Å². The molecule has 8 valence electrons. The summed E-state index contributed by atoms with van der Waals surface area (Å²) in [6, 6.07) is 0. The van der Waals surface area contributed by atoms with Crippen LogP contribution in [0.15, 0.2) is 0 Å². The summed E-state index contributed by atoms with van der Waals surface area (Å²) in [4.78, 5) is 0. The maximum Gasteiger partial charge on any atom is 5.00 e. The van der Waals surface area contributed by atoms with Crippen LogP contribution in [0.4, 0.5) is 0 Å². The minimum absolute atomic E-state index is 0. The first-order valence-electron chi connectivity index (χ1n) is 0. The minimum Gasteiger partial charge on any atom is -2.00 e. The molecule has 0 aliphatic carbocycles. The van der Waals surface area contributed by atoms with Gasteiger partial charge >= 0.3 is 92.5 Å². The van der Waals surface area contributed by atoms with E-state index in [0.29, 0.717) is 0 Å². The van der Waals surface area contributed by atoms with Crippen molar-refractivity contribution in [1.82, 2.24) is 0 Å². The number of hydrogen-bond acceptors (Lipinski definition) is 0. The Morgan fingerprint density at radius 1 is 1.00 bits per heavy atom. The van der Waals surface area contributed by atoms with E-state index in [4.69, 9.17) is 0 Å². The third-order valence-electron chi connectivity index (χ3n) is 0. The summed E-state index contributed by atoms with van der Waals surface area (Å²) in [5, 5.41) is 0. The van der Waals surface area contributed by atoms with Crippen LogP contribution in [0.2, 0.25) is 0 Å². The Balaban J connectivity index is 0. The van der Waals surface area contributed by atoms with Gasteiger partial charge in [-0.05, 0) is 0 Å². The van der Waals surface area contributed by atoms with Crippen molar-refractivity contribution in [2.75, 3.05) is 0 Å². The quantitative estimate of drug-likeness (QED) is 0.337. The van der Waals surface area contributed by atoms with Crippen LogP contribution < -0.4 is 48.4 Å². The van der Waals surface area contributed by atoms with Crippen LogP contribution in [0.1, 0.15) is 0 Å². The largest absolute Gasteiger partial charge is 5.00 e. The first kappa shape index (κ1) is 43.4. The maximum absolute atomic E-state index is 0. The normalized spacial score (nSPS) is 0. The summed E-state index contributed by atoms with van der Waals surface area (Å²) >= 11 is 0. The van der Waals surface area contributed by atoms with Crippen molar-refractivity contribution in [2.45, 2.75) is 0 Å². The smallest absolute Gasteiger partial charge is 2.00 e. The second kappa shape index (κ2) is 27.9. The fourth-order valence-corrected chi connectivity index (χ4v) is 0. The van der Waals surface area contributed by atoms with Gasteiger partial charge in [0.1, 0.15) is 0 Å². The molecular formula is LiNaNbOTi+9. The van der Waals surface area contributed by atoms with Gasteiger partial charge in [0.15, 0.2) is 0 Å². The van der Waals surface area contributed by atoms with Gasteiger partial charge in [0.25, 0.3) is 0 Å². The van der Waals surface area contributed by atoms with Crippen LogP contribution in [0.25, 0.3) is 0 Å². The van der Waals surface area contributed by atoms with E-state index < -0.39 is 0 Å². The SMILES string of the molecule is [Li+].[Na+].[Nb+5].[O-2].[Ti+4]. The van der Waals surface area contributed by atoms with E-state index in [0.717, 1.165) is 0 Å². The third kappa shape index (κ3) is 19.4. The molecule has 0 N–H and O–H groups in total. The zero-order chi connectivity index (χ0) is 0. The van der Waals surface area contributed by atoms with Gasteiger partial charge in [0.2, 0.25) is 0 Å². The fourth-order valence-electron chi connectivity index (χ4n) is 0. The van der Waals surface area contributed by atoms with Crippen molar-refractivity contribution < 1.29 is 98.0 Å². The maximum atomic E-state index is 0. The molecule has 0 atom stereocenters. The fraction of sp³-hybridized carbons (Fsp3) is 0. The van der Waals surface area contributed by atoms with Crippen LogP contribution in [0.3, 0.4) is 0 Å². The van der Waals surface area contributed by atoms with Crippen molar-refractivity contribution in [2.24, 2.45) is 0 Å². The molecule has 5 heavy (non-hydrogen) atoms. The molecule has 0 saturated carbocycles. The van der Waals surface area contributed by atoms with Gasteiger partial charge in [-0.3, -0.25) is 0 Å². The first-order valence-corrected chi connectivity index (χ1v) is 0. The molecule has 0 aromatic rings. The molecule has 0 fully saturated rings. The summed E-state index contributed by atoms with van der Waals surface area (Å²) in [6.07, 6.45) is 0.